The Labute approximate surface area is 292 Å². The molecule has 0 aliphatic heterocycles. The molecule has 50 heavy (non-hydrogen) atoms. The molecule has 0 atom stereocenters. The lowest BCUT2D eigenvalue weighted by molar-refractivity contribution is 0.623. The number of rotatable bonds is 4. The number of hydrogen-bond acceptors (Lipinski definition) is 3. The van der Waals surface area contributed by atoms with Crippen LogP contribution in [0.5, 0.6) is 0 Å². The Hall–Kier alpha value is -5.93. The van der Waals surface area contributed by atoms with Crippen LogP contribution in [-0.4, -0.2) is 4.98 Å². The molecular weight excluding hydrogens is 609 g/mol. The van der Waals surface area contributed by atoms with Crippen LogP contribution in [0, 0.1) is 0 Å². The summed E-state index contributed by atoms with van der Waals surface area (Å²) in [4.78, 5) is 7.34. The number of hydrogen-bond donors (Lipinski definition) is 0. The molecule has 1 heterocycles. The van der Waals surface area contributed by atoms with E-state index >= 15 is 0 Å². The van der Waals surface area contributed by atoms with Gasteiger partial charge in [0.15, 0.2) is 5.58 Å². The Morgan fingerprint density at radius 2 is 1.04 bits per heavy atom. The maximum absolute atomic E-state index is 6.53. The first-order valence-electron chi connectivity index (χ1n) is 17.5. The summed E-state index contributed by atoms with van der Waals surface area (Å²) in [7, 11) is 0. The van der Waals surface area contributed by atoms with Crippen molar-refractivity contribution in [1.29, 1.82) is 0 Å². The van der Waals surface area contributed by atoms with Crippen LogP contribution in [0.15, 0.2) is 150 Å². The highest BCUT2D eigenvalue weighted by molar-refractivity contribution is 6.10. The van der Waals surface area contributed by atoms with E-state index in [2.05, 4.69) is 148 Å². The van der Waals surface area contributed by atoms with Crippen molar-refractivity contribution in [2.75, 3.05) is 4.90 Å². The minimum Gasteiger partial charge on any atom is -0.435 e. The van der Waals surface area contributed by atoms with Gasteiger partial charge in [0.25, 0.3) is 0 Å². The van der Waals surface area contributed by atoms with Gasteiger partial charge in [-0.3, -0.25) is 0 Å². The van der Waals surface area contributed by atoms with Crippen LogP contribution in [0.25, 0.3) is 55.6 Å². The maximum Gasteiger partial charge on any atom is 0.227 e. The summed E-state index contributed by atoms with van der Waals surface area (Å²) in [5.74, 6) is 0.635. The average molecular weight is 645 g/mol. The summed E-state index contributed by atoms with van der Waals surface area (Å²) >= 11 is 0. The van der Waals surface area contributed by atoms with Gasteiger partial charge in [0.05, 0.1) is 5.69 Å². The second-order valence-electron chi connectivity index (χ2n) is 14.8. The molecule has 0 amide bonds. The summed E-state index contributed by atoms with van der Waals surface area (Å²) in [5, 5.41) is 2.16. The Morgan fingerprint density at radius 3 is 1.66 bits per heavy atom. The van der Waals surface area contributed by atoms with Crippen LogP contribution < -0.4 is 4.90 Å². The number of anilines is 3. The quantitative estimate of drug-likeness (QED) is 0.191. The zero-order valence-electron chi connectivity index (χ0n) is 28.7. The van der Waals surface area contributed by atoms with Gasteiger partial charge in [-0.1, -0.05) is 119 Å². The van der Waals surface area contributed by atoms with Crippen molar-refractivity contribution < 1.29 is 4.42 Å². The Kier molecular flexibility index (Phi) is 5.97. The summed E-state index contributed by atoms with van der Waals surface area (Å²) in [5.41, 5.74) is 16.5. The standard InChI is InChI=1S/C47H36N2O/c1-46(2)38-18-10-8-15-32(38)34-23-21-30(27-40(34)46)49(31-22-24-35-33-16-9-11-19-39(33)47(3,4)41(35)28-31)43-20-12-17-37-36(43)25-26-42-44(37)50-45(48-42)29-13-6-5-7-14-29/h5-28H,1-4H3. The first-order chi connectivity index (χ1) is 24.3. The van der Waals surface area contributed by atoms with Crippen molar-refractivity contribution in [1.82, 2.24) is 4.98 Å². The number of benzene rings is 7. The lowest BCUT2D eigenvalue weighted by atomic mass is 9.82. The van der Waals surface area contributed by atoms with Gasteiger partial charge in [0.2, 0.25) is 5.89 Å². The van der Waals surface area contributed by atoms with Crippen molar-refractivity contribution in [2.45, 2.75) is 38.5 Å². The minimum absolute atomic E-state index is 0.117. The van der Waals surface area contributed by atoms with Crippen molar-refractivity contribution in [3.05, 3.63) is 168 Å². The summed E-state index contributed by atoms with van der Waals surface area (Å²) < 4.78 is 6.53. The molecule has 0 saturated carbocycles. The molecule has 10 rings (SSSR count). The molecule has 0 fully saturated rings. The van der Waals surface area contributed by atoms with E-state index in [1.54, 1.807) is 0 Å². The number of nitrogens with zero attached hydrogens (tertiary/aromatic N) is 2. The third-order valence-corrected chi connectivity index (χ3v) is 11.3. The molecule has 0 radical (unpaired) electrons. The van der Waals surface area contributed by atoms with E-state index in [1.165, 1.54) is 44.5 Å². The molecule has 2 aliphatic carbocycles. The van der Waals surface area contributed by atoms with Gasteiger partial charge >= 0.3 is 0 Å². The monoisotopic (exact) mass is 644 g/mol. The van der Waals surface area contributed by atoms with E-state index in [9.17, 15) is 0 Å². The lowest BCUT2D eigenvalue weighted by Gasteiger charge is -2.30. The molecule has 0 bridgehead atoms. The molecule has 8 aromatic rings. The highest BCUT2D eigenvalue weighted by Crippen LogP contribution is 2.53. The average Bonchev–Trinajstić information content (AvgIpc) is 3.76. The van der Waals surface area contributed by atoms with Gasteiger partial charge < -0.3 is 9.32 Å². The van der Waals surface area contributed by atoms with Gasteiger partial charge in [-0.25, -0.2) is 4.98 Å². The maximum atomic E-state index is 6.53. The van der Waals surface area contributed by atoms with Crippen LogP contribution in [0.2, 0.25) is 0 Å². The molecule has 0 N–H and O–H groups in total. The predicted octanol–water partition coefficient (Wildman–Crippen LogP) is 12.7. The molecule has 1 aromatic heterocycles. The van der Waals surface area contributed by atoms with Gasteiger partial charge in [-0.05, 0) is 99.1 Å². The van der Waals surface area contributed by atoms with Gasteiger partial charge in [-0.2, -0.15) is 0 Å². The number of aromatic nitrogens is 1. The van der Waals surface area contributed by atoms with E-state index in [0.29, 0.717) is 5.89 Å². The molecule has 240 valence electrons. The summed E-state index contributed by atoms with van der Waals surface area (Å²) in [6.07, 6.45) is 0. The Balaban J connectivity index is 1.21. The lowest BCUT2D eigenvalue weighted by Crippen LogP contribution is -2.18. The van der Waals surface area contributed by atoms with Gasteiger partial charge in [-0.15, -0.1) is 0 Å². The fraction of sp³-hybridized carbons (Fsp3) is 0.128. The molecule has 0 spiro atoms. The highest BCUT2D eigenvalue weighted by Gasteiger charge is 2.37. The zero-order chi connectivity index (χ0) is 33.8. The molecular formula is C47H36N2O. The van der Waals surface area contributed by atoms with Crippen LogP contribution >= 0.6 is 0 Å². The first kappa shape index (κ1) is 29.0. The SMILES string of the molecule is CC1(C)c2ccccc2-c2ccc(N(c3ccc4c(c3)C(C)(C)c3ccccc3-4)c3cccc4c3ccc3nc(-c5ccccc5)oc34)cc21. The summed E-state index contributed by atoms with van der Waals surface area (Å²) in [6, 6.07) is 52.8. The third-order valence-electron chi connectivity index (χ3n) is 11.3. The fourth-order valence-electron chi connectivity index (χ4n) is 8.72. The van der Waals surface area contributed by atoms with E-state index in [1.807, 2.05) is 30.3 Å². The van der Waals surface area contributed by atoms with E-state index in [4.69, 9.17) is 9.40 Å². The zero-order valence-corrected chi connectivity index (χ0v) is 28.7. The van der Waals surface area contributed by atoms with Crippen LogP contribution in [-0.2, 0) is 10.8 Å². The van der Waals surface area contributed by atoms with Crippen LogP contribution in [0.3, 0.4) is 0 Å². The molecule has 3 heteroatoms. The number of fused-ring (bicyclic) bond motifs is 9. The van der Waals surface area contributed by atoms with Crippen molar-refractivity contribution >= 4 is 38.9 Å². The van der Waals surface area contributed by atoms with Crippen molar-refractivity contribution in [3.63, 3.8) is 0 Å². The van der Waals surface area contributed by atoms with Crippen LogP contribution in [0.4, 0.5) is 17.1 Å². The predicted molar refractivity (Wildman–Crippen MR) is 207 cm³/mol. The summed E-state index contributed by atoms with van der Waals surface area (Å²) in [6.45, 7) is 9.40. The normalized spacial score (nSPS) is 14.7. The minimum atomic E-state index is -0.117. The van der Waals surface area contributed by atoms with Gasteiger partial charge in [0.1, 0.15) is 5.52 Å². The molecule has 0 unspecified atom stereocenters. The van der Waals surface area contributed by atoms with Crippen molar-refractivity contribution in [3.8, 4) is 33.7 Å². The molecule has 7 aromatic carbocycles. The van der Waals surface area contributed by atoms with E-state index < -0.39 is 0 Å². The van der Waals surface area contributed by atoms with E-state index in [0.717, 1.165) is 44.5 Å². The fourth-order valence-corrected chi connectivity index (χ4v) is 8.72. The second kappa shape index (κ2) is 10.3. The van der Waals surface area contributed by atoms with Crippen molar-refractivity contribution in [2.24, 2.45) is 0 Å². The largest absolute Gasteiger partial charge is 0.435 e. The molecule has 2 aliphatic rings. The highest BCUT2D eigenvalue weighted by atomic mass is 16.3. The number of oxazole rings is 1. The molecule has 3 nitrogen and oxygen atoms in total. The first-order valence-corrected chi connectivity index (χ1v) is 17.5. The Morgan fingerprint density at radius 1 is 0.480 bits per heavy atom. The van der Waals surface area contributed by atoms with E-state index in [-0.39, 0.29) is 10.8 Å². The third kappa shape index (κ3) is 4.01. The smallest absolute Gasteiger partial charge is 0.227 e. The van der Waals surface area contributed by atoms with Crippen LogP contribution in [0.1, 0.15) is 49.9 Å². The Bertz CT molecular complexity index is 2550. The van der Waals surface area contributed by atoms with Gasteiger partial charge in [0, 0.05) is 38.5 Å². The molecule has 0 saturated heterocycles. The second-order valence-corrected chi connectivity index (χ2v) is 14.8. The topological polar surface area (TPSA) is 29.3 Å².